The van der Waals surface area contributed by atoms with Gasteiger partial charge >= 0.3 is 0 Å². The largest absolute Gasteiger partial charge is 0.508 e. The molecule has 0 bridgehead atoms. The number of ether oxygens (including phenoxy) is 1. The summed E-state index contributed by atoms with van der Waals surface area (Å²) < 4.78 is 5.40. The van der Waals surface area contributed by atoms with Crippen LogP contribution in [-0.2, 0) is 12.0 Å². The first-order valence-corrected chi connectivity index (χ1v) is 6.86. The van der Waals surface area contributed by atoms with Gasteiger partial charge in [0.15, 0.2) is 0 Å². The molecule has 4 nitrogen and oxygen atoms in total. The first-order chi connectivity index (χ1) is 9.85. The minimum absolute atomic E-state index is 0.181. The van der Waals surface area contributed by atoms with Crippen molar-refractivity contribution < 1.29 is 14.9 Å². The number of aryl methyl sites for hydroxylation is 1. The molecule has 0 aliphatic rings. The Morgan fingerprint density at radius 2 is 1.81 bits per heavy atom. The summed E-state index contributed by atoms with van der Waals surface area (Å²) in [7, 11) is 1.64. The van der Waals surface area contributed by atoms with E-state index in [1.165, 1.54) is 0 Å². The van der Waals surface area contributed by atoms with Crippen molar-refractivity contribution in [3.05, 3.63) is 52.8 Å². The fraction of sp³-hybridized carbons (Fsp3) is 0.353. The number of rotatable bonds is 4. The van der Waals surface area contributed by atoms with Crippen molar-refractivity contribution in [3.8, 4) is 11.5 Å². The van der Waals surface area contributed by atoms with Crippen LogP contribution in [0.2, 0.25) is 0 Å². The third-order valence-electron chi connectivity index (χ3n) is 3.75. The van der Waals surface area contributed by atoms with E-state index >= 15 is 0 Å². The van der Waals surface area contributed by atoms with Crippen LogP contribution >= 0.6 is 0 Å². The molecule has 1 unspecified atom stereocenters. The van der Waals surface area contributed by atoms with Gasteiger partial charge in [0, 0.05) is 23.7 Å². The summed E-state index contributed by atoms with van der Waals surface area (Å²) in [6.45, 7) is 5.63. The molecule has 2 rings (SSSR count). The molecule has 0 saturated heterocycles. The van der Waals surface area contributed by atoms with Crippen LogP contribution < -0.4 is 4.74 Å². The molecular weight excluding hydrogens is 266 g/mol. The van der Waals surface area contributed by atoms with E-state index in [-0.39, 0.29) is 5.75 Å². The van der Waals surface area contributed by atoms with E-state index in [0.29, 0.717) is 6.42 Å². The molecular formula is C17H21NO3. The van der Waals surface area contributed by atoms with Gasteiger partial charge in [-0.05, 0) is 38.5 Å². The molecule has 21 heavy (non-hydrogen) atoms. The van der Waals surface area contributed by atoms with Crippen LogP contribution in [-0.4, -0.2) is 22.3 Å². The smallest absolute Gasteiger partial charge is 0.128 e. The number of phenolic OH excluding ortho intramolecular Hbond substituents is 1. The lowest BCUT2D eigenvalue weighted by molar-refractivity contribution is 0.0563. The van der Waals surface area contributed by atoms with Crippen LogP contribution in [0.5, 0.6) is 11.5 Å². The molecule has 0 fully saturated rings. The molecule has 1 atom stereocenters. The molecule has 1 aromatic heterocycles. The van der Waals surface area contributed by atoms with E-state index < -0.39 is 5.60 Å². The van der Waals surface area contributed by atoms with E-state index in [4.69, 9.17) is 4.74 Å². The summed E-state index contributed by atoms with van der Waals surface area (Å²) in [6, 6.07) is 6.58. The van der Waals surface area contributed by atoms with E-state index in [2.05, 4.69) is 4.98 Å². The Labute approximate surface area is 125 Å². The van der Waals surface area contributed by atoms with E-state index in [1.807, 2.05) is 13.8 Å². The van der Waals surface area contributed by atoms with Gasteiger partial charge in [-0.2, -0.15) is 0 Å². The van der Waals surface area contributed by atoms with Crippen molar-refractivity contribution in [3.63, 3.8) is 0 Å². The minimum Gasteiger partial charge on any atom is -0.508 e. The predicted molar refractivity (Wildman–Crippen MR) is 81.6 cm³/mol. The number of nitrogens with zero attached hydrogens (tertiary/aromatic N) is 1. The summed E-state index contributed by atoms with van der Waals surface area (Å²) in [4.78, 5) is 4.43. The van der Waals surface area contributed by atoms with E-state index in [1.54, 1.807) is 44.5 Å². The van der Waals surface area contributed by atoms with Crippen molar-refractivity contribution in [2.75, 3.05) is 7.11 Å². The van der Waals surface area contributed by atoms with Crippen LogP contribution in [0.15, 0.2) is 30.5 Å². The average molecular weight is 287 g/mol. The van der Waals surface area contributed by atoms with Crippen LogP contribution in [0.4, 0.5) is 0 Å². The standard InChI is InChI=1S/C17H21NO3/c1-11-10-18-15(12(2)16(11)21-4)9-17(3,20)13-5-7-14(19)8-6-13/h5-8,10,19-20H,9H2,1-4H3. The number of hydrogen-bond donors (Lipinski definition) is 2. The minimum atomic E-state index is -1.06. The van der Waals surface area contributed by atoms with Gasteiger partial charge in [-0.1, -0.05) is 12.1 Å². The van der Waals surface area contributed by atoms with E-state index in [9.17, 15) is 10.2 Å². The Hall–Kier alpha value is -2.07. The van der Waals surface area contributed by atoms with Gasteiger partial charge in [-0.25, -0.2) is 0 Å². The van der Waals surface area contributed by atoms with Gasteiger partial charge in [-0.15, -0.1) is 0 Å². The second kappa shape index (κ2) is 5.74. The molecule has 1 aromatic carbocycles. The zero-order valence-corrected chi connectivity index (χ0v) is 12.8. The molecule has 0 saturated carbocycles. The van der Waals surface area contributed by atoms with Crippen molar-refractivity contribution in [2.45, 2.75) is 32.8 Å². The lowest BCUT2D eigenvalue weighted by Crippen LogP contribution is -2.25. The van der Waals surface area contributed by atoms with Crippen LogP contribution in [0.25, 0.3) is 0 Å². The highest BCUT2D eigenvalue weighted by Gasteiger charge is 2.26. The highest BCUT2D eigenvalue weighted by atomic mass is 16.5. The third kappa shape index (κ3) is 3.16. The molecule has 2 aromatic rings. The Morgan fingerprint density at radius 1 is 1.19 bits per heavy atom. The molecule has 0 aliphatic heterocycles. The zero-order chi connectivity index (χ0) is 15.6. The van der Waals surface area contributed by atoms with Crippen molar-refractivity contribution >= 4 is 0 Å². The number of aromatic hydroxyl groups is 1. The first-order valence-electron chi connectivity index (χ1n) is 6.86. The Bertz CT molecular complexity index is 633. The summed E-state index contributed by atoms with van der Waals surface area (Å²) >= 11 is 0. The lowest BCUT2D eigenvalue weighted by Gasteiger charge is -2.25. The summed E-state index contributed by atoms with van der Waals surface area (Å²) in [6.07, 6.45) is 2.13. The summed E-state index contributed by atoms with van der Waals surface area (Å²) in [5, 5.41) is 20.1. The number of benzene rings is 1. The Morgan fingerprint density at radius 3 is 2.38 bits per heavy atom. The van der Waals surface area contributed by atoms with Gasteiger partial charge in [0.2, 0.25) is 0 Å². The highest BCUT2D eigenvalue weighted by molar-refractivity contribution is 5.42. The van der Waals surface area contributed by atoms with Gasteiger partial charge < -0.3 is 14.9 Å². The quantitative estimate of drug-likeness (QED) is 0.907. The van der Waals surface area contributed by atoms with Crippen LogP contribution in [0.3, 0.4) is 0 Å². The molecule has 0 aliphatic carbocycles. The number of pyridine rings is 1. The first kappa shape index (κ1) is 15.3. The number of phenols is 1. The Kier molecular flexibility index (Phi) is 4.19. The number of aromatic nitrogens is 1. The maximum atomic E-state index is 10.7. The number of hydrogen-bond acceptors (Lipinski definition) is 4. The molecule has 4 heteroatoms. The second-order valence-corrected chi connectivity index (χ2v) is 5.54. The van der Waals surface area contributed by atoms with Crippen molar-refractivity contribution in [1.29, 1.82) is 0 Å². The maximum Gasteiger partial charge on any atom is 0.128 e. The summed E-state index contributed by atoms with van der Waals surface area (Å²) in [5.74, 6) is 0.988. The van der Waals surface area contributed by atoms with Gasteiger partial charge in [0.25, 0.3) is 0 Å². The highest BCUT2D eigenvalue weighted by Crippen LogP contribution is 2.30. The predicted octanol–water partition coefficient (Wildman–Crippen LogP) is 2.86. The van der Waals surface area contributed by atoms with Gasteiger partial charge in [0.1, 0.15) is 11.5 Å². The maximum absolute atomic E-state index is 10.7. The van der Waals surface area contributed by atoms with Crippen molar-refractivity contribution in [2.24, 2.45) is 0 Å². The monoisotopic (exact) mass is 287 g/mol. The third-order valence-corrected chi connectivity index (χ3v) is 3.75. The molecule has 0 amide bonds. The molecule has 112 valence electrons. The molecule has 2 N–H and O–H groups in total. The molecule has 0 spiro atoms. The molecule has 0 radical (unpaired) electrons. The zero-order valence-electron chi connectivity index (χ0n) is 12.8. The lowest BCUT2D eigenvalue weighted by atomic mass is 9.89. The average Bonchev–Trinajstić information content (AvgIpc) is 2.43. The molecule has 1 heterocycles. The van der Waals surface area contributed by atoms with Gasteiger partial charge in [-0.3, -0.25) is 4.98 Å². The van der Waals surface area contributed by atoms with Gasteiger partial charge in [0.05, 0.1) is 18.4 Å². The van der Waals surface area contributed by atoms with Crippen LogP contribution in [0, 0.1) is 13.8 Å². The number of methoxy groups -OCH3 is 1. The van der Waals surface area contributed by atoms with Crippen LogP contribution in [0.1, 0.15) is 29.3 Å². The second-order valence-electron chi connectivity index (χ2n) is 5.54. The van der Waals surface area contributed by atoms with Crippen molar-refractivity contribution in [1.82, 2.24) is 4.98 Å². The fourth-order valence-corrected chi connectivity index (χ4v) is 2.50. The Balaban J connectivity index is 2.34. The normalized spacial score (nSPS) is 13.8. The number of aliphatic hydroxyl groups is 1. The topological polar surface area (TPSA) is 62.6 Å². The fourth-order valence-electron chi connectivity index (χ4n) is 2.50. The SMILES string of the molecule is COc1c(C)cnc(CC(C)(O)c2ccc(O)cc2)c1C. The van der Waals surface area contributed by atoms with E-state index in [0.717, 1.165) is 28.1 Å². The summed E-state index contributed by atoms with van der Waals surface area (Å²) in [5.41, 5.74) is 2.39.